The van der Waals surface area contributed by atoms with Crippen LogP contribution in [0.5, 0.6) is 0 Å². The summed E-state index contributed by atoms with van der Waals surface area (Å²) >= 11 is 0. The first-order valence-corrected chi connectivity index (χ1v) is 14.1. The van der Waals surface area contributed by atoms with Crippen LogP contribution in [0, 0.1) is 16.1 Å². The molecule has 0 bridgehead atoms. The van der Waals surface area contributed by atoms with Crippen LogP contribution in [0.3, 0.4) is 0 Å². The van der Waals surface area contributed by atoms with Gasteiger partial charge in [-0.2, -0.15) is 4.57 Å². The molecular formula is C25H29ClFN3O7S. The topological polar surface area (TPSA) is 185 Å². The van der Waals surface area contributed by atoms with Crippen LogP contribution in [-0.2, 0) is 21.4 Å². The van der Waals surface area contributed by atoms with Crippen molar-refractivity contribution < 1.29 is 51.0 Å². The Bertz CT molecular complexity index is 1340. The normalized spacial score (nSPS) is 11.8. The number of carbonyl (C=O) groups excluding carboxylic acids is 1. The molecule has 13 heteroatoms. The minimum Gasteiger partial charge on any atom is -0.318 e. The molecule has 0 aliphatic rings. The van der Waals surface area contributed by atoms with Crippen molar-refractivity contribution >= 4 is 21.6 Å². The lowest BCUT2D eigenvalue weighted by molar-refractivity contribution is -2.00. The van der Waals surface area contributed by atoms with Crippen LogP contribution < -0.4 is 33.7 Å². The number of anilines is 1. The summed E-state index contributed by atoms with van der Waals surface area (Å²) in [7, 11) is -8.98. The van der Waals surface area contributed by atoms with Gasteiger partial charge in [0.1, 0.15) is 5.82 Å². The van der Waals surface area contributed by atoms with Crippen molar-refractivity contribution in [1.29, 1.82) is 0 Å². The molecule has 3 rings (SSSR count). The summed E-state index contributed by atoms with van der Waals surface area (Å²) in [6.45, 7) is 8.25. The molecule has 1 aromatic heterocycles. The van der Waals surface area contributed by atoms with E-state index in [0.717, 1.165) is 34.6 Å². The average molecular weight is 570 g/mol. The Morgan fingerprint density at radius 1 is 0.921 bits per heavy atom. The Balaban J connectivity index is 0.000000926. The lowest BCUT2D eigenvalue weighted by atomic mass is 9.97. The van der Waals surface area contributed by atoms with Gasteiger partial charge >= 0.3 is 0 Å². The van der Waals surface area contributed by atoms with Crippen LogP contribution in [-0.4, -0.2) is 14.3 Å². The number of rotatable bonds is 7. The number of halogens is 2. The number of benzene rings is 2. The third-order valence-electron chi connectivity index (χ3n) is 5.37. The van der Waals surface area contributed by atoms with E-state index in [9.17, 15) is 17.6 Å². The molecule has 0 aliphatic heterocycles. The van der Waals surface area contributed by atoms with Crippen molar-refractivity contribution in [3.05, 3.63) is 77.9 Å². The Morgan fingerprint density at radius 2 is 1.42 bits per heavy atom. The van der Waals surface area contributed by atoms with E-state index < -0.39 is 32.0 Å². The van der Waals surface area contributed by atoms with E-state index >= 15 is 0 Å². The van der Waals surface area contributed by atoms with Gasteiger partial charge < -0.3 is 5.32 Å². The summed E-state index contributed by atoms with van der Waals surface area (Å²) in [6, 6.07) is 17.4. The van der Waals surface area contributed by atoms with Crippen molar-refractivity contribution in [1.82, 2.24) is 0 Å². The highest BCUT2D eigenvalue weighted by molar-refractivity contribution is 7.89. The molecule has 1 heterocycles. The fourth-order valence-corrected chi connectivity index (χ4v) is 4.23. The summed E-state index contributed by atoms with van der Waals surface area (Å²) in [6.07, 6.45) is 0. The summed E-state index contributed by atoms with van der Waals surface area (Å²) < 4.78 is 73.2. The highest BCUT2D eigenvalue weighted by atomic mass is 35.7. The summed E-state index contributed by atoms with van der Waals surface area (Å²) in [5, 5.41) is 7.58. The third-order valence-corrected chi connectivity index (χ3v) is 6.28. The largest absolute Gasteiger partial charge is 0.318 e. The second-order valence-corrected chi connectivity index (χ2v) is 11.3. The van der Waals surface area contributed by atoms with Gasteiger partial charge in [-0.25, -0.2) is 36.6 Å². The van der Waals surface area contributed by atoms with Crippen molar-refractivity contribution in [3.8, 4) is 11.1 Å². The standard InChI is InChI=1S/C25H28FN3O3S.ClHO4/c1-16(2)23-12-19(18-8-6-5-7-9-18)13-24(17(3)4)29(23)15-25(30)28-22-11-10-20(14-21(22)26)33(27,31)32;2-1(3,4)5/h5-14,16-17H,15H2,1-4H3,(H2-,27,28,30,31,32);(H,2,3,4,5). The molecule has 206 valence electrons. The number of nitrogens with two attached hydrogens (primary N) is 1. The molecule has 38 heavy (non-hydrogen) atoms. The molecule has 0 saturated heterocycles. The summed E-state index contributed by atoms with van der Waals surface area (Å²) in [5.74, 6) is -1.000. The fraction of sp³-hybridized carbons (Fsp3) is 0.280. The van der Waals surface area contributed by atoms with Gasteiger partial charge in [-0.15, -0.1) is 10.2 Å². The highest BCUT2D eigenvalue weighted by Crippen LogP contribution is 2.26. The van der Waals surface area contributed by atoms with Gasteiger partial charge in [0.2, 0.25) is 16.6 Å². The van der Waals surface area contributed by atoms with Crippen LogP contribution in [0.4, 0.5) is 10.1 Å². The number of aromatic nitrogens is 1. The predicted octanol–water partition coefficient (Wildman–Crippen LogP) is -0.443. The van der Waals surface area contributed by atoms with Gasteiger partial charge in [-0.3, -0.25) is 4.79 Å². The van der Waals surface area contributed by atoms with Crippen molar-refractivity contribution in [3.63, 3.8) is 0 Å². The van der Waals surface area contributed by atoms with Gasteiger partial charge in [0, 0.05) is 24.0 Å². The lowest BCUT2D eigenvalue weighted by Crippen LogP contribution is -2.68. The van der Waals surface area contributed by atoms with Crippen LogP contribution in [0.25, 0.3) is 11.1 Å². The number of pyridine rings is 1. The third kappa shape index (κ3) is 9.40. The number of amides is 1. The number of primary sulfonamides is 1. The number of carbonyl (C=O) groups is 1. The molecule has 0 aliphatic carbocycles. The number of sulfonamides is 1. The molecule has 0 unspecified atom stereocenters. The first-order valence-electron chi connectivity index (χ1n) is 11.3. The van der Waals surface area contributed by atoms with E-state index in [4.69, 9.17) is 23.8 Å². The molecule has 0 atom stereocenters. The summed E-state index contributed by atoms with van der Waals surface area (Å²) in [5.41, 5.74) is 4.03. The first kappa shape index (κ1) is 31.2. The highest BCUT2D eigenvalue weighted by Gasteiger charge is 2.26. The maximum atomic E-state index is 14.4. The Kier molecular flexibility index (Phi) is 10.5. The zero-order valence-corrected chi connectivity index (χ0v) is 22.8. The van der Waals surface area contributed by atoms with Crippen LogP contribution >= 0.6 is 0 Å². The molecule has 3 aromatic rings. The van der Waals surface area contributed by atoms with E-state index in [0.29, 0.717) is 0 Å². The Labute approximate surface area is 223 Å². The molecule has 3 N–H and O–H groups in total. The van der Waals surface area contributed by atoms with Crippen LogP contribution in [0.1, 0.15) is 50.9 Å². The van der Waals surface area contributed by atoms with Crippen molar-refractivity contribution in [2.75, 3.05) is 5.32 Å². The van der Waals surface area contributed by atoms with Crippen molar-refractivity contribution in [2.45, 2.75) is 51.0 Å². The van der Waals surface area contributed by atoms with Gasteiger partial charge in [-0.05, 0) is 29.3 Å². The van der Waals surface area contributed by atoms with E-state index in [1.165, 1.54) is 6.07 Å². The minimum atomic E-state index is -4.94. The molecule has 10 nitrogen and oxygen atoms in total. The minimum absolute atomic E-state index is 0.00747. The van der Waals surface area contributed by atoms with E-state index in [1.807, 2.05) is 22.8 Å². The number of nitrogens with zero attached hydrogens (tertiary/aromatic N) is 1. The maximum absolute atomic E-state index is 14.4. The number of hydrogen-bond donors (Lipinski definition) is 2. The van der Waals surface area contributed by atoms with Gasteiger partial charge in [0.15, 0.2) is 11.4 Å². The quantitative estimate of drug-likeness (QED) is 0.361. The van der Waals surface area contributed by atoms with Crippen molar-refractivity contribution in [2.24, 2.45) is 5.14 Å². The summed E-state index contributed by atoms with van der Waals surface area (Å²) in [4.78, 5) is 12.5. The van der Waals surface area contributed by atoms with Gasteiger partial charge in [-0.1, -0.05) is 58.0 Å². The van der Waals surface area contributed by atoms with Gasteiger partial charge in [0.25, 0.3) is 5.91 Å². The SMILES string of the molecule is CC(C)c1cc(-c2ccccc2)cc(C(C)C)[n+]1CC(=O)Nc1ccc(S(N)(=O)=O)cc1F.[O-][Cl+3]([O-])([O-])[O-]. The van der Waals surface area contributed by atoms with Crippen LogP contribution in [0.2, 0.25) is 0 Å². The molecule has 0 fully saturated rings. The predicted molar refractivity (Wildman–Crippen MR) is 127 cm³/mol. The monoisotopic (exact) mass is 569 g/mol. The number of nitrogens with one attached hydrogen (secondary N) is 1. The molecule has 2 aromatic carbocycles. The maximum Gasteiger partial charge on any atom is 0.290 e. The smallest absolute Gasteiger partial charge is 0.290 e. The van der Waals surface area contributed by atoms with Gasteiger partial charge in [0.05, 0.1) is 10.6 Å². The molecule has 0 saturated carbocycles. The zero-order valence-electron chi connectivity index (χ0n) is 21.2. The first-order chi connectivity index (χ1) is 17.5. The average Bonchev–Trinajstić information content (AvgIpc) is 2.79. The zero-order chi connectivity index (χ0) is 28.8. The second-order valence-electron chi connectivity index (χ2n) is 8.97. The number of hydrogen-bond acceptors (Lipinski definition) is 7. The van der Waals surface area contributed by atoms with E-state index in [-0.39, 0.29) is 29.0 Å². The lowest BCUT2D eigenvalue weighted by Gasteiger charge is -2.17. The van der Waals surface area contributed by atoms with E-state index in [1.54, 1.807) is 0 Å². The van der Waals surface area contributed by atoms with Crippen LogP contribution in [0.15, 0.2) is 65.6 Å². The molecule has 1 amide bonds. The molecule has 0 spiro atoms. The molecule has 0 radical (unpaired) electrons. The Hall–Kier alpha value is -2.97. The van der Waals surface area contributed by atoms with E-state index in [2.05, 4.69) is 57.3 Å². The fourth-order valence-electron chi connectivity index (χ4n) is 3.71. The second kappa shape index (κ2) is 12.7. The molecular weight excluding hydrogens is 541 g/mol. The Morgan fingerprint density at radius 3 is 1.84 bits per heavy atom.